The number of allylic oxidation sites excluding steroid dienone is 2. The summed E-state index contributed by atoms with van der Waals surface area (Å²) in [6.07, 6.45) is 1.79. The van der Waals surface area contributed by atoms with E-state index in [4.69, 9.17) is 4.74 Å². The Balaban J connectivity index is 2.94. The molecule has 0 aromatic carbocycles. The van der Waals surface area contributed by atoms with Gasteiger partial charge >= 0.3 is 0 Å². The fraction of sp³-hybridized carbons (Fsp3) is 0.786. The molecule has 0 N–H and O–H groups in total. The van der Waals surface area contributed by atoms with Crippen molar-refractivity contribution in [1.82, 2.24) is 0 Å². The van der Waals surface area contributed by atoms with Crippen molar-refractivity contribution < 1.29 is 9.53 Å². The van der Waals surface area contributed by atoms with Gasteiger partial charge < -0.3 is 4.74 Å². The van der Waals surface area contributed by atoms with Crippen LogP contribution in [0.1, 0.15) is 54.4 Å². The molecule has 1 aliphatic rings. The summed E-state index contributed by atoms with van der Waals surface area (Å²) in [6.45, 7) is 12.2. The molecule has 0 fully saturated rings. The van der Waals surface area contributed by atoms with Crippen LogP contribution in [0.5, 0.6) is 0 Å². The Hall–Kier alpha value is -0.790. The lowest BCUT2D eigenvalue weighted by Gasteiger charge is -2.37. The Kier molecular flexibility index (Phi) is 3.82. The fourth-order valence-electron chi connectivity index (χ4n) is 2.32. The molecule has 1 unspecified atom stereocenters. The average molecular weight is 224 g/mol. The average Bonchev–Trinajstić information content (AvgIpc) is 2.20. The van der Waals surface area contributed by atoms with Gasteiger partial charge in [0.25, 0.3) is 0 Å². The van der Waals surface area contributed by atoms with Crippen LogP contribution in [0.3, 0.4) is 0 Å². The van der Waals surface area contributed by atoms with Crippen molar-refractivity contribution in [2.75, 3.05) is 0 Å². The van der Waals surface area contributed by atoms with Gasteiger partial charge in [-0.3, -0.25) is 4.79 Å². The number of Topliss-reactive ketones (excluding diaryl/α,β-unsaturated/α-hetero) is 1. The van der Waals surface area contributed by atoms with Crippen LogP contribution in [0.4, 0.5) is 0 Å². The van der Waals surface area contributed by atoms with Crippen LogP contribution in [-0.2, 0) is 9.53 Å². The van der Waals surface area contributed by atoms with Crippen LogP contribution in [0, 0.1) is 11.8 Å². The van der Waals surface area contributed by atoms with Gasteiger partial charge in [-0.25, -0.2) is 0 Å². The van der Waals surface area contributed by atoms with E-state index in [1.165, 1.54) is 5.57 Å². The van der Waals surface area contributed by atoms with E-state index in [9.17, 15) is 4.79 Å². The summed E-state index contributed by atoms with van der Waals surface area (Å²) >= 11 is 0. The Morgan fingerprint density at radius 2 is 1.88 bits per heavy atom. The lowest BCUT2D eigenvalue weighted by Crippen LogP contribution is -2.43. The van der Waals surface area contributed by atoms with E-state index in [0.717, 1.165) is 18.6 Å². The van der Waals surface area contributed by atoms with E-state index in [1.54, 1.807) is 0 Å². The SMILES string of the molecule is CC1=C(C(C)C)OC(C)(C(=O)C(C)C)CC1. The molecule has 0 radical (unpaired) electrons. The highest BCUT2D eigenvalue weighted by molar-refractivity contribution is 5.88. The van der Waals surface area contributed by atoms with Crippen LogP contribution in [0.25, 0.3) is 0 Å². The normalized spacial score (nSPS) is 26.2. The Morgan fingerprint density at radius 1 is 1.31 bits per heavy atom. The predicted molar refractivity (Wildman–Crippen MR) is 66.1 cm³/mol. The van der Waals surface area contributed by atoms with E-state index < -0.39 is 5.60 Å². The van der Waals surface area contributed by atoms with Gasteiger partial charge in [0.15, 0.2) is 11.4 Å². The first-order valence-corrected chi connectivity index (χ1v) is 6.21. The highest BCUT2D eigenvalue weighted by Crippen LogP contribution is 2.36. The van der Waals surface area contributed by atoms with Gasteiger partial charge in [-0.05, 0) is 32.3 Å². The van der Waals surface area contributed by atoms with Crippen LogP contribution in [0.2, 0.25) is 0 Å². The minimum Gasteiger partial charge on any atom is -0.484 e. The molecule has 0 spiro atoms. The van der Waals surface area contributed by atoms with E-state index in [2.05, 4.69) is 20.8 Å². The van der Waals surface area contributed by atoms with Gasteiger partial charge in [0.2, 0.25) is 0 Å². The molecule has 0 amide bonds. The number of ketones is 1. The van der Waals surface area contributed by atoms with Crippen molar-refractivity contribution in [2.45, 2.75) is 60.0 Å². The molecule has 0 aliphatic carbocycles. The summed E-state index contributed by atoms with van der Waals surface area (Å²) in [6, 6.07) is 0. The molecule has 92 valence electrons. The summed E-state index contributed by atoms with van der Waals surface area (Å²) in [5, 5.41) is 0. The molecule has 16 heavy (non-hydrogen) atoms. The molecule has 0 bridgehead atoms. The van der Waals surface area contributed by atoms with Crippen LogP contribution in [-0.4, -0.2) is 11.4 Å². The number of ether oxygens (including phenoxy) is 1. The van der Waals surface area contributed by atoms with E-state index in [0.29, 0.717) is 5.92 Å². The zero-order chi connectivity index (χ0) is 12.5. The molecule has 1 heterocycles. The molecule has 0 saturated heterocycles. The fourth-order valence-corrected chi connectivity index (χ4v) is 2.32. The number of carbonyl (C=O) groups excluding carboxylic acids is 1. The van der Waals surface area contributed by atoms with Crippen molar-refractivity contribution in [3.63, 3.8) is 0 Å². The summed E-state index contributed by atoms with van der Waals surface area (Å²) in [5.74, 6) is 1.64. The molecule has 1 aliphatic heterocycles. The zero-order valence-electron chi connectivity index (χ0n) is 11.4. The third-order valence-corrected chi connectivity index (χ3v) is 3.30. The second-order valence-corrected chi connectivity index (χ2v) is 5.65. The summed E-state index contributed by atoms with van der Waals surface area (Å²) in [7, 11) is 0. The number of hydrogen-bond acceptors (Lipinski definition) is 2. The van der Waals surface area contributed by atoms with E-state index >= 15 is 0 Å². The highest BCUT2D eigenvalue weighted by atomic mass is 16.5. The first kappa shape index (κ1) is 13.3. The first-order valence-electron chi connectivity index (χ1n) is 6.21. The lowest BCUT2D eigenvalue weighted by atomic mass is 9.84. The summed E-state index contributed by atoms with van der Waals surface area (Å²) in [5.41, 5.74) is 0.692. The standard InChI is InChI=1S/C14H24O2/c1-9(2)12-11(5)7-8-14(6,16-12)13(15)10(3)4/h9-10H,7-8H2,1-6H3. The monoisotopic (exact) mass is 224 g/mol. The molecular formula is C14H24O2. The van der Waals surface area contributed by atoms with Crippen molar-refractivity contribution in [1.29, 1.82) is 0 Å². The second kappa shape index (κ2) is 4.60. The maximum atomic E-state index is 12.1. The molecule has 0 saturated carbocycles. The molecule has 1 atom stereocenters. The third-order valence-electron chi connectivity index (χ3n) is 3.30. The van der Waals surface area contributed by atoms with E-state index in [1.807, 2.05) is 20.8 Å². The molecule has 1 rings (SSSR count). The topological polar surface area (TPSA) is 26.3 Å². The largest absolute Gasteiger partial charge is 0.484 e. The van der Waals surface area contributed by atoms with Gasteiger partial charge in [-0.1, -0.05) is 27.7 Å². The van der Waals surface area contributed by atoms with E-state index in [-0.39, 0.29) is 11.7 Å². The van der Waals surface area contributed by atoms with Crippen molar-refractivity contribution in [2.24, 2.45) is 11.8 Å². The minimum absolute atomic E-state index is 0.0387. The number of rotatable bonds is 3. The zero-order valence-corrected chi connectivity index (χ0v) is 11.4. The third kappa shape index (κ3) is 2.47. The van der Waals surface area contributed by atoms with Gasteiger partial charge in [-0.2, -0.15) is 0 Å². The highest BCUT2D eigenvalue weighted by Gasteiger charge is 2.40. The van der Waals surface area contributed by atoms with Crippen LogP contribution >= 0.6 is 0 Å². The molecule has 2 nitrogen and oxygen atoms in total. The lowest BCUT2D eigenvalue weighted by molar-refractivity contribution is -0.144. The van der Waals surface area contributed by atoms with Gasteiger partial charge in [0.1, 0.15) is 0 Å². The number of carbonyl (C=O) groups is 1. The smallest absolute Gasteiger partial charge is 0.178 e. The Bertz CT molecular complexity index is 313. The predicted octanol–water partition coefficient (Wildman–Crippen LogP) is 3.71. The summed E-state index contributed by atoms with van der Waals surface area (Å²) in [4.78, 5) is 12.1. The molecular weight excluding hydrogens is 200 g/mol. The molecule has 0 aromatic rings. The van der Waals surface area contributed by atoms with Crippen molar-refractivity contribution >= 4 is 5.78 Å². The van der Waals surface area contributed by atoms with Gasteiger partial charge in [-0.15, -0.1) is 0 Å². The maximum Gasteiger partial charge on any atom is 0.178 e. The summed E-state index contributed by atoms with van der Waals surface area (Å²) < 4.78 is 6.00. The van der Waals surface area contributed by atoms with Gasteiger partial charge in [0, 0.05) is 11.8 Å². The molecule has 2 heteroatoms. The van der Waals surface area contributed by atoms with Crippen molar-refractivity contribution in [3.05, 3.63) is 11.3 Å². The quantitative estimate of drug-likeness (QED) is 0.730. The Labute approximate surface area is 99.1 Å². The minimum atomic E-state index is -0.604. The van der Waals surface area contributed by atoms with Crippen LogP contribution < -0.4 is 0 Å². The Morgan fingerprint density at radius 3 is 2.31 bits per heavy atom. The first-order chi connectivity index (χ1) is 7.28. The van der Waals surface area contributed by atoms with Gasteiger partial charge in [0.05, 0.1) is 5.76 Å². The number of hydrogen-bond donors (Lipinski definition) is 0. The van der Waals surface area contributed by atoms with Crippen molar-refractivity contribution in [3.8, 4) is 0 Å². The van der Waals surface area contributed by atoms with Crippen LogP contribution in [0.15, 0.2) is 11.3 Å². The second-order valence-electron chi connectivity index (χ2n) is 5.65. The molecule has 0 aromatic heterocycles. The maximum absolute atomic E-state index is 12.1.